The van der Waals surface area contributed by atoms with Gasteiger partial charge in [-0.1, -0.05) is 29.8 Å². The molecule has 0 atom stereocenters. The monoisotopic (exact) mass is 391 g/mol. The van der Waals surface area contributed by atoms with Crippen LogP contribution in [-0.2, 0) is 6.54 Å². The fourth-order valence-corrected chi connectivity index (χ4v) is 3.14. The Hall–Kier alpha value is -3.31. The second-order valence-electron chi connectivity index (χ2n) is 6.23. The molecule has 4 rings (SSSR count). The normalized spacial score (nSPS) is 10.8. The van der Waals surface area contributed by atoms with Crippen LogP contribution in [0.5, 0.6) is 0 Å². The number of nitrogens with one attached hydrogen (secondary N) is 1. The molecule has 0 saturated carbocycles. The van der Waals surface area contributed by atoms with Crippen molar-refractivity contribution < 1.29 is 9.18 Å². The van der Waals surface area contributed by atoms with Gasteiger partial charge in [0.2, 0.25) is 0 Å². The summed E-state index contributed by atoms with van der Waals surface area (Å²) >= 11 is 6.13. The van der Waals surface area contributed by atoms with Gasteiger partial charge in [-0.25, -0.2) is 9.37 Å². The molecule has 0 aliphatic rings. The Balaban J connectivity index is 1.74. The van der Waals surface area contributed by atoms with Crippen LogP contribution in [0, 0.1) is 5.82 Å². The molecule has 1 amide bonds. The van der Waals surface area contributed by atoms with Crippen LogP contribution in [0.3, 0.4) is 0 Å². The number of nitrogens with zero attached hydrogens (tertiary/aromatic N) is 2. The van der Waals surface area contributed by atoms with Crippen molar-refractivity contribution in [2.45, 2.75) is 6.54 Å². The number of benzene rings is 2. The van der Waals surface area contributed by atoms with Gasteiger partial charge in [-0.3, -0.25) is 9.78 Å². The van der Waals surface area contributed by atoms with Crippen LogP contribution in [0.15, 0.2) is 73.1 Å². The Kier molecular flexibility index (Phi) is 5.00. The molecular formula is C22H15ClFN3O. The smallest absolute Gasteiger partial charge is 0.252 e. The van der Waals surface area contributed by atoms with Crippen LogP contribution in [-0.4, -0.2) is 15.9 Å². The first-order valence-electron chi connectivity index (χ1n) is 8.64. The minimum Gasteiger partial charge on any atom is -0.348 e. The van der Waals surface area contributed by atoms with Crippen molar-refractivity contribution in [3.8, 4) is 11.3 Å². The van der Waals surface area contributed by atoms with Crippen molar-refractivity contribution in [1.82, 2.24) is 15.3 Å². The van der Waals surface area contributed by atoms with Crippen molar-refractivity contribution in [3.63, 3.8) is 0 Å². The Morgan fingerprint density at radius 1 is 1.04 bits per heavy atom. The summed E-state index contributed by atoms with van der Waals surface area (Å²) in [4.78, 5) is 21.6. The number of halogens is 2. The molecule has 2 aromatic heterocycles. The van der Waals surface area contributed by atoms with E-state index in [9.17, 15) is 9.18 Å². The van der Waals surface area contributed by atoms with Gasteiger partial charge in [0.05, 0.1) is 16.8 Å². The van der Waals surface area contributed by atoms with E-state index in [1.165, 1.54) is 6.07 Å². The van der Waals surface area contributed by atoms with E-state index in [0.29, 0.717) is 32.7 Å². The molecule has 4 nitrogen and oxygen atoms in total. The van der Waals surface area contributed by atoms with E-state index in [-0.39, 0.29) is 18.3 Å². The predicted octanol–water partition coefficient (Wildman–Crippen LogP) is 5.02. The summed E-state index contributed by atoms with van der Waals surface area (Å²) < 4.78 is 13.8. The Bertz CT molecular complexity index is 1170. The second kappa shape index (κ2) is 7.74. The molecule has 1 N–H and O–H groups in total. The predicted molar refractivity (Wildman–Crippen MR) is 108 cm³/mol. The number of hydrogen-bond acceptors (Lipinski definition) is 3. The third-order valence-corrected chi connectivity index (χ3v) is 4.62. The minimum absolute atomic E-state index is 0.0838. The molecule has 6 heteroatoms. The molecule has 2 aromatic carbocycles. The molecule has 0 unspecified atom stereocenters. The summed E-state index contributed by atoms with van der Waals surface area (Å²) in [5.41, 5.74) is 2.98. The summed E-state index contributed by atoms with van der Waals surface area (Å²) in [7, 11) is 0. The van der Waals surface area contributed by atoms with Gasteiger partial charge in [0.1, 0.15) is 5.82 Å². The van der Waals surface area contributed by atoms with Gasteiger partial charge in [-0.2, -0.15) is 0 Å². The Labute approximate surface area is 166 Å². The number of amides is 1. The highest BCUT2D eigenvalue weighted by Gasteiger charge is 2.15. The van der Waals surface area contributed by atoms with Gasteiger partial charge in [-0.15, -0.1) is 0 Å². The Morgan fingerprint density at radius 2 is 1.82 bits per heavy atom. The molecule has 0 aliphatic carbocycles. The topological polar surface area (TPSA) is 54.9 Å². The number of aromatic nitrogens is 2. The van der Waals surface area contributed by atoms with E-state index in [1.807, 2.05) is 12.1 Å². The summed E-state index contributed by atoms with van der Waals surface area (Å²) in [5.74, 6) is -0.684. The minimum atomic E-state index is -0.358. The SMILES string of the molecule is O=C(NCc1ccccc1F)c1cc(-c2ccncc2)nc2ccc(Cl)cc12. The van der Waals surface area contributed by atoms with Gasteiger partial charge < -0.3 is 5.32 Å². The number of hydrogen-bond donors (Lipinski definition) is 1. The van der Waals surface area contributed by atoms with Crippen molar-refractivity contribution >= 4 is 28.4 Å². The van der Waals surface area contributed by atoms with E-state index < -0.39 is 0 Å². The summed E-state index contributed by atoms with van der Waals surface area (Å²) in [6, 6.07) is 16.9. The molecule has 0 aliphatic heterocycles. The Morgan fingerprint density at radius 3 is 2.61 bits per heavy atom. The maximum atomic E-state index is 13.8. The third kappa shape index (κ3) is 3.70. The molecule has 0 saturated heterocycles. The molecule has 28 heavy (non-hydrogen) atoms. The molecular weight excluding hydrogens is 377 g/mol. The summed E-state index contributed by atoms with van der Waals surface area (Å²) in [5, 5.41) is 3.93. The number of carbonyl (C=O) groups is 1. The van der Waals surface area contributed by atoms with Crippen LogP contribution in [0.4, 0.5) is 4.39 Å². The fraction of sp³-hybridized carbons (Fsp3) is 0.0455. The molecule has 138 valence electrons. The first-order valence-corrected chi connectivity index (χ1v) is 9.02. The van der Waals surface area contributed by atoms with Crippen LogP contribution in [0.1, 0.15) is 15.9 Å². The lowest BCUT2D eigenvalue weighted by Crippen LogP contribution is -2.23. The average Bonchev–Trinajstić information content (AvgIpc) is 2.73. The highest BCUT2D eigenvalue weighted by atomic mass is 35.5. The van der Waals surface area contributed by atoms with E-state index in [4.69, 9.17) is 11.6 Å². The molecule has 0 radical (unpaired) electrons. The quantitative estimate of drug-likeness (QED) is 0.531. The number of fused-ring (bicyclic) bond motifs is 1. The molecule has 4 aromatic rings. The van der Waals surface area contributed by atoms with Crippen LogP contribution >= 0.6 is 11.6 Å². The first kappa shape index (κ1) is 18.1. The molecule has 2 heterocycles. The first-order chi connectivity index (χ1) is 13.6. The highest BCUT2D eigenvalue weighted by Crippen LogP contribution is 2.27. The number of rotatable bonds is 4. The summed E-state index contributed by atoms with van der Waals surface area (Å²) in [6.07, 6.45) is 3.34. The van der Waals surface area contributed by atoms with Gasteiger partial charge >= 0.3 is 0 Å². The molecule has 0 bridgehead atoms. The van der Waals surface area contributed by atoms with Crippen molar-refractivity contribution in [2.24, 2.45) is 0 Å². The number of carbonyl (C=O) groups excluding carboxylic acids is 1. The average molecular weight is 392 g/mol. The second-order valence-corrected chi connectivity index (χ2v) is 6.66. The van der Waals surface area contributed by atoms with Gasteiger partial charge in [-0.05, 0) is 42.5 Å². The maximum absolute atomic E-state index is 13.8. The van der Waals surface area contributed by atoms with Gasteiger partial charge in [0.15, 0.2) is 0 Å². The van der Waals surface area contributed by atoms with Crippen LogP contribution < -0.4 is 5.32 Å². The zero-order chi connectivity index (χ0) is 19.5. The lowest BCUT2D eigenvalue weighted by atomic mass is 10.0. The van der Waals surface area contributed by atoms with E-state index >= 15 is 0 Å². The van der Waals surface area contributed by atoms with Crippen molar-refractivity contribution in [2.75, 3.05) is 0 Å². The van der Waals surface area contributed by atoms with Crippen molar-refractivity contribution in [1.29, 1.82) is 0 Å². The zero-order valence-electron chi connectivity index (χ0n) is 14.7. The van der Waals surface area contributed by atoms with Gasteiger partial charge in [0, 0.05) is 40.5 Å². The van der Waals surface area contributed by atoms with Crippen molar-refractivity contribution in [3.05, 3.63) is 95.0 Å². The highest BCUT2D eigenvalue weighted by molar-refractivity contribution is 6.31. The lowest BCUT2D eigenvalue weighted by Gasteiger charge is -2.11. The standard InChI is InChI=1S/C22H15ClFN3O/c23-16-5-6-20-17(11-16)18(12-21(27-20)14-7-9-25-10-8-14)22(28)26-13-15-3-1-2-4-19(15)24/h1-12H,13H2,(H,26,28). The van der Waals surface area contributed by atoms with E-state index in [2.05, 4.69) is 15.3 Å². The van der Waals surface area contributed by atoms with Crippen LogP contribution in [0.25, 0.3) is 22.2 Å². The number of pyridine rings is 2. The third-order valence-electron chi connectivity index (χ3n) is 4.39. The molecule has 0 fully saturated rings. The van der Waals surface area contributed by atoms with Crippen LogP contribution in [0.2, 0.25) is 5.02 Å². The van der Waals surface area contributed by atoms with Gasteiger partial charge in [0.25, 0.3) is 5.91 Å². The van der Waals surface area contributed by atoms with E-state index in [0.717, 1.165) is 5.56 Å². The fourth-order valence-electron chi connectivity index (χ4n) is 2.97. The van der Waals surface area contributed by atoms with E-state index in [1.54, 1.807) is 54.9 Å². The molecule has 0 spiro atoms. The zero-order valence-corrected chi connectivity index (χ0v) is 15.4. The lowest BCUT2D eigenvalue weighted by molar-refractivity contribution is 0.0952. The maximum Gasteiger partial charge on any atom is 0.252 e. The largest absolute Gasteiger partial charge is 0.348 e. The summed E-state index contributed by atoms with van der Waals surface area (Å²) in [6.45, 7) is 0.0838.